The van der Waals surface area contributed by atoms with E-state index in [-0.39, 0.29) is 16.3 Å². The summed E-state index contributed by atoms with van der Waals surface area (Å²) in [5.74, 6) is 0.286. The lowest BCUT2D eigenvalue weighted by Gasteiger charge is -2.14. The molecule has 1 atom stereocenters. The molecule has 0 saturated carbocycles. The van der Waals surface area contributed by atoms with Crippen molar-refractivity contribution in [3.05, 3.63) is 80.2 Å². The van der Waals surface area contributed by atoms with Crippen molar-refractivity contribution in [3.8, 4) is 23.0 Å². The third-order valence-corrected chi connectivity index (χ3v) is 5.76. The highest BCUT2D eigenvalue weighted by Gasteiger charge is 2.17. The Morgan fingerprint density at radius 1 is 0.944 bits per heavy atom. The fourth-order valence-electron chi connectivity index (χ4n) is 2.91. The second-order valence-electron chi connectivity index (χ2n) is 7.21. The Balaban J connectivity index is 1.69. The minimum absolute atomic E-state index is 0.230. The van der Waals surface area contributed by atoms with E-state index in [1.807, 2.05) is 0 Å². The van der Waals surface area contributed by atoms with Crippen LogP contribution in [0.5, 0.6) is 23.0 Å². The number of rotatable bonds is 9. The van der Waals surface area contributed by atoms with Gasteiger partial charge in [0.2, 0.25) is 0 Å². The average molecular weight is 596 g/mol. The minimum atomic E-state index is -0.898. The number of hydrogen-bond donors (Lipinski definition) is 1. The van der Waals surface area contributed by atoms with Crippen molar-refractivity contribution in [2.24, 2.45) is 5.10 Å². The van der Waals surface area contributed by atoms with E-state index in [0.717, 1.165) is 4.47 Å². The van der Waals surface area contributed by atoms with Crippen molar-refractivity contribution in [3.63, 3.8) is 0 Å². The first-order valence-electron chi connectivity index (χ1n) is 10.4. The maximum atomic E-state index is 12.7. The third kappa shape index (κ3) is 7.13. The van der Waals surface area contributed by atoms with Gasteiger partial charge < -0.3 is 18.9 Å². The van der Waals surface area contributed by atoms with E-state index in [9.17, 15) is 9.59 Å². The fraction of sp³-hybridized carbons (Fsp3) is 0.160. The first-order chi connectivity index (χ1) is 17.2. The van der Waals surface area contributed by atoms with Gasteiger partial charge in [-0.2, -0.15) is 5.10 Å². The van der Waals surface area contributed by atoms with Crippen molar-refractivity contribution in [2.45, 2.75) is 13.0 Å². The van der Waals surface area contributed by atoms with Crippen molar-refractivity contribution in [1.29, 1.82) is 0 Å². The van der Waals surface area contributed by atoms with E-state index in [0.29, 0.717) is 27.8 Å². The Bertz CT molecular complexity index is 1300. The molecule has 1 amide bonds. The lowest BCUT2D eigenvalue weighted by atomic mass is 10.2. The van der Waals surface area contributed by atoms with E-state index in [4.69, 9.17) is 42.1 Å². The van der Waals surface area contributed by atoms with Gasteiger partial charge in [-0.15, -0.1) is 0 Å². The molecule has 0 aliphatic heterocycles. The van der Waals surface area contributed by atoms with Crippen LogP contribution in [0.25, 0.3) is 0 Å². The molecule has 0 heterocycles. The molecule has 36 heavy (non-hydrogen) atoms. The Morgan fingerprint density at radius 3 is 2.33 bits per heavy atom. The van der Waals surface area contributed by atoms with Crippen molar-refractivity contribution >= 4 is 57.2 Å². The molecule has 188 valence electrons. The number of hydrogen-bond acceptors (Lipinski definition) is 7. The van der Waals surface area contributed by atoms with Crippen LogP contribution in [0.3, 0.4) is 0 Å². The summed E-state index contributed by atoms with van der Waals surface area (Å²) in [6.45, 7) is 1.55. The SMILES string of the molecule is COc1ccc(C(=O)Oc2ccc(Br)cc2/C=N/NC(=O)C(C)Oc2ccc(Cl)cc2Cl)cc1OC. The number of carbonyl (C=O) groups excluding carboxylic acids is 2. The largest absolute Gasteiger partial charge is 0.493 e. The van der Waals surface area contributed by atoms with Gasteiger partial charge in [-0.25, -0.2) is 10.2 Å². The van der Waals surface area contributed by atoms with Gasteiger partial charge >= 0.3 is 5.97 Å². The highest BCUT2D eigenvalue weighted by molar-refractivity contribution is 9.10. The third-order valence-electron chi connectivity index (χ3n) is 4.74. The van der Waals surface area contributed by atoms with E-state index in [1.165, 1.54) is 32.6 Å². The van der Waals surface area contributed by atoms with Crippen molar-refractivity contribution < 1.29 is 28.5 Å². The molecule has 0 bridgehead atoms. The van der Waals surface area contributed by atoms with Crippen LogP contribution in [0.2, 0.25) is 10.0 Å². The zero-order valence-corrected chi connectivity index (χ0v) is 22.5. The molecular weight excluding hydrogens is 575 g/mol. The summed E-state index contributed by atoms with van der Waals surface area (Å²) in [6.07, 6.45) is 0.452. The highest BCUT2D eigenvalue weighted by atomic mass is 79.9. The number of benzene rings is 3. The maximum Gasteiger partial charge on any atom is 0.343 e. The lowest BCUT2D eigenvalue weighted by Crippen LogP contribution is -2.33. The summed E-state index contributed by atoms with van der Waals surface area (Å²) in [5.41, 5.74) is 3.09. The van der Waals surface area contributed by atoms with E-state index in [1.54, 1.807) is 49.4 Å². The molecule has 0 fully saturated rings. The minimum Gasteiger partial charge on any atom is -0.493 e. The quantitative estimate of drug-likeness (QED) is 0.143. The summed E-state index contributed by atoms with van der Waals surface area (Å²) < 4.78 is 22.3. The Labute approximate surface area is 226 Å². The Hall–Kier alpha value is -3.27. The van der Waals surface area contributed by atoms with E-state index in [2.05, 4.69) is 26.5 Å². The molecule has 0 radical (unpaired) electrons. The van der Waals surface area contributed by atoms with Gasteiger partial charge in [0.15, 0.2) is 17.6 Å². The zero-order chi connectivity index (χ0) is 26.2. The highest BCUT2D eigenvalue weighted by Crippen LogP contribution is 2.30. The molecule has 0 aliphatic rings. The number of hydrazone groups is 1. The molecule has 3 aromatic rings. The Kier molecular flexibility index (Phi) is 9.58. The van der Waals surface area contributed by atoms with Crippen LogP contribution in [0.15, 0.2) is 64.2 Å². The fourth-order valence-corrected chi connectivity index (χ4v) is 3.74. The molecule has 0 spiro atoms. The number of methoxy groups -OCH3 is 2. The molecule has 3 rings (SSSR count). The molecule has 3 aromatic carbocycles. The van der Waals surface area contributed by atoms with Gasteiger partial charge in [-0.1, -0.05) is 39.1 Å². The summed E-state index contributed by atoms with van der Waals surface area (Å²) >= 11 is 15.3. The first kappa shape index (κ1) is 27.3. The second-order valence-corrected chi connectivity index (χ2v) is 8.97. The van der Waals surface area contributed by atoms with Crippen molar-refractivity contribution in [2.75, 3.05) is 14.2 Å². The predicted molar refractivity (Wildman–Crippen MR) is 141 cm³/mol. The van der Waals surface area contributed by atoms with Crippen LogP contribution in [0.4, 0.5) is 0 Å². The second kappa shape index (κ2) is 12.6. The summed E-state index contributed by atoms with van der Waals surface area (Å²) in [7, 11) is 2.97. The number of nitrogens with zero attached hydrogens (tertiary/aromatic N) is 1. The smallest absolute Gasteiger partial charge is 0.343 e. The summed E-state index contributed by atoms with van der Waals surface area (Å²) in [4.78, 5) is 25.1. The number of nitrogens with one attached hydrogen (secondary N) is 1. The summed E-state index contributed by atoms with van der Waals surface area (Å²) in [6, 6.07) is 14.4. The number of halogens is 3. The normalized spacial score (nSPS) is 11.6. The average Bonchev–Trinajstić information content (AvgIpc) is 2.86. The predicted octanol–water partition coefficient (Wildman–Crippen LogP) is 5.91. The number of amides is 1. The molecule has 1 unspecified atom stereocenters. The van der Waals surface area contributed by atoms with Crippen LogP contribution >= 0.6 is 39.1 Å². The molecule has 8 nitrogen and oxygen atoms in total. The van der Waals surface area contributed by atoms with E-state index >= 15 is 0 Å². The molecular formula is C25H21BrCl2N2O6. The molecule has 0 aromatic heterocycles. The van der Waals surface area contributed by atoms with Gasteiger partial charge in [0, 0.05) is 15.1 Å². The molecule has 0 saturated heterocycles. The zero-order valence-electron chi connectivity index (χ0n) is 19.4. The van der Waals surface area contributed by atoms with Crippen LogP contribution in [0, 0.1) is 0 Å². The number of ether oxygens (including phenoxy) is 4. The monoisotopic (exact) mass is 594 g/mol. The van der Waals surface area contributed by atoms with Crippen LogP contribution in [0.1, 0.15) is 22.8 Å². The van der Waals surface area contributed by atoms with Gasteiger partial charge in [-0.3, -0.25) is 4.79 Å². The standard InChI is InChI=1S/C25H21BrCl2N2O6/c1-14(35-21-9-6-18(27)12-19(21)28)24(31)30-29-13-16-10-17(26)5-8-20(16)36-25(32)15-4-7-22(33-2)23(11-15)34-3/h4-14H,1-3H3,(H,30,31)/b29-13+. The summed E-state index contributed by atoms with van der Waals surface area (Å²) in [5, 5.41) is 4.69. The van der Waals surface area contributed by atoms with Crippen LogP contribution in [-0.2, 0) is 4.79 Å². The van der Waals surface area contributed by atoms with Gasteiger partial charge in [0.05, 0.1) is 31.0 Å². The first-order valence-corrected chi connectivity index (χ1v) is 11.9. The van der Waals surface area contributed by atoms with Gasteiger partial charge in [-0.05, 0) is 61.5 Å². The van der Waals surface area contributed by atoms with Crippen LogP contribution in [-0.4, -0.2) is 38.4 Å². The number of esters is 1. The Morgan fingerprint density at radius 2 is 1.64 bits per heavy atom. The van der Waals surface area contributed by atoms with Gasteiger partial charge in [0.1, 0.15) is 11.5 Å². The van der Waals surface area contributed by atoms with Crippen LogP contribution < -0.4 is 24.4 Å². The van der Waals surface area contributed by atoms with E-state index < -0.39 is 18.0 Å². The molecule has 11 heteroatoms. The van der Waals surface area contributed by atoms with Gasteiger partial charge in [0.25, 0.3) is 5.91 Å². The number of carbonyl (C=O) groups is 2. The maximum absolute atomic E-state index is 12.7. The molecule has 0 aliphatic carbocycles. The lowest BCUT2D eigenvalue weighted by molar-refractivity contribution is -0.127. The van der Waals surface area contributed by atoms with Crippen molar-refractivity contribution in [1.82, 2.24) is 5.43 Å². The molecule has 1 N–H and O–H groups in total. The topological polar surface area (TPSA) is 95.5 Å².